The zero-order chi connectivity index (χ0) is 20.2. The monoisotopic (exact) mass is 406 g/mol. The van der Waals surface area contributed by atoms with Crippen molar-refractivity contribution in [3.63, 3.8) is 0 Å². The highest BCUT2D eigenvalue weighted by Gasteiger charge is 2.22. The number of aryl methyl sites for hydroxylation is 2. The average Bonchev–Trinajstić information content (AvgIpc) is 2.54. The van der Waals surface area contributed by atoms with Gasteiger partial charge in [0.05, 0.1) is 10.6 Å². The molecule has 0 bridgehead atoms. The van der Waals surface area contributed by atoms with Gasteiger partial charge in [-0.2, -0.15) is 0 Å². The predicted molar refractivity (Wildman–Crippen MR) is 112 cm³/mol. The molecule has 2 aromatic carbocycles. The predicted octanol–water partition coefficient (Wildman–Crippen LogP) is 4.11. The van der Waals surface area contributed by atoms with Crippen molar-refractivity contribution >= 4 is 33.4 Å². The molecular weight excluding hydrogens is 380 g/mol. The topological polar surface area (TPSA) is 75.3 Å². The molecule has 0 radical (unpaired) electrons. The summed E-state index contributed by atoms with van der Waals surface area (Å²) in [6.45, 7) is 9.36. The molecule has 0 saturated heterocycles. The Morgan fingerprint density at radius 3 is 2.44 bits per heavy atom. The number of carbonyl (C=O) groups excluding carboxylic acids is 1. The van der Waals surface area contributed by atoms with E-state index in [1.54, 1.807) is 32.9 Å². The second-order valence-corrected chi connectivity index (χ2v) is 10.2. The van der Waals surface area contributed by atoms with Gasteiger partial charge in [-0.05, 0) is 64.4 Å². The van der Waals surface area contributed by atoms with Crippen molar-refractivity contribution in [1.82, 2.24) is 4.72 Å². The zero-order valence-corrected chi connectivity index (χ0v) is 17.9. The van der Waals surface area contributed by atoms with Crippen LogP contribution in [0.25, 0.3) is 0 Å². The van der Waals surface area contributed by atoms with E-state index in [4.69, 9.17) is 0 Å². The molecule has 0 unspecified atom stereocenters. The number of amides is 1. The van der Waals surface area contributed by atoms with Crippen LogP contribution < -0.4 is 10.0 Å². The van der Waals surface area contributed by atoms with Crippen LogP contribution in [0.2, 0.25) is 0 Å². The molecule has 0 saturated carbocycles. The van der Waals surface area contributed by atoms with Crippen LogP contribution in [0.3, 0.4) is 0 Å². The van der Waals surface area contributed by atoms with E-state index in [2.05, 4.69) is 16.1 Å². The number of rotatable bonds is 6. The Morgan fingerprint density at radius 2 is 1.78 bits per heavy atom. The molecule has 0 heterocycles. The fraction of sp³-hybridized carbons (Fsp3) is 0.350. The number of anilines is 1. The van der Waals surface area contributed by atoms with Crippen LogP contribution >= 0.6 is 11.8 Å². The van der Waals surface area contributed by atoms with Gasteiger partial charge in [0.15, 0.2) is 0 Å². The number of carbonyl (C=O) groups is 1. The number of benzene rings is 2. The normalized spacial score (nSPS) is 12.0. The Morgan fingerprint density at radius 1 is 1.07 bits per heavy atom. The van der Waals surface area contributed by atoms with Crippen LogP contribution in [-0.4, -0.2) is 25.6 Å². The van der Waals surface area contributed by atoms with E-state index in [-0.39, 0.29) is 16.6 Å². The molecule has 5 nitrogen and oxygen atoms in total. The highest BCUT2D eigenvalue weighted by molar-refractivity contribution is 8.00. The summed E-state index contributed by atoms with van der Waals surface area (Å²) in [4.78, 5) is 13.5. The molecular formula is C20H26N2O3S2. The second kappa shape index (κ2) is 8.46. The minimum absolute atomic E-state index is 0.123. The van der Waals surface area contributed by atoms with E-state index < -0.39 is 15.6 Å². The molecule has 146 valence electrons. The number of nitrogens with one attached hydrogen (secondary N) is 2. The Bertz CT molecular complexity index is 932. The van der Waals surface area contributed by atoms with Crippen molar-refractivity contribution in [3.05, 3.63) is 53.6 Å². The summed E-state index contributed by atoms with van der Waals surface area (Å²) in [6.07, 6.45) is 0. The molecule has 2 N–H and O–H groups in total. The quantitative estimate of drug-likeness (QED) is 0.708. The van der Waals surface area contributed by atoms with E-state index in [1.807, 2.05) is 26.0 Å². The first-order chi connectivity index (χ1) is 12.5. The first kappa shape index (κ1) is 21.5. The van der Waals surface area contributed by atoms with Crippen LogP contribution in [0, 0.1) is 13.8 Å². The summed E-state index contributed by atoms with van der Waals surface area (Å²) in [7, 11) is -3.65. The van der Waals surface area contributed by atoms with Gasteiger partial charge in [-0.1, -0.05) is 23.8 Å². The minimum Gasteiger partial charge on any atom is -0.325 e. The molecule has 0 aliphatic rings. The van der Waals surface area contributed by atoms with Gasteiger partial charge in [0.1, 0.15) is 0 Å². The molecule has 7 heteroatoms. The first-order valence-corrected chi connectivity index (χ1v) is 11.1. The maximum Gasteiger partial charge on any atom is 0.241 e. The van der Waals surface area contributed by atoms with E-state index in [9.17, 15) is 13.2 Å². The van der Waals surface area contributed by atoms with Crippen LogP contribution in [0.1, 0.15) is 31.9 Å². The Kier molecular flexibility index (Phi) is 6.72. The third-order valence-corrected chi connectivity index (χ3v) is 6.48. The third-order valence-electron chi connectivity index (χ3n) is 3.57. The van der Waals surface area contributed by atoms with Gasteiger partial charge in [0.25, 0.3) is 0 Å². The van der Waals surface area contributed by atoms with Crippen molar-refractivity contribution in [3.8, 4) is 0 Å². The second-order valence-electron chi connectivity index (χ2n) is 7.49. The molecule has 0 fully saturated rings. The van der Waals surface area contributed by atoms with Crippen molar-refractivity contribution in [2.45, 2.75) is 49.9 Å². The highest BCUT2D eigenvalue weighted by Crippen LogP contribution is 2.24. The van der Waals surface area contributed by atoms with Crippen LogP contribution in [-0.2, 0) is 14.8 Å². The molecule has 1 amide bonds. The summed E-state index contributed by atoms with van der Waals surface area (Å²) >= 11 is 1.46. The summed E-state index contributed by atoms with van der Waals surface area (Å²) in [5.41, 5.74) is 2.14. The van der Waals surface area contributed by atoms with Crippen molar-refractivity contribution < 1.29 is 13.2 Å². The highest BCUT2D eigenvalue weighted by atomic mass is 32.2. The third kappa shape index (κ3) is 6.68. The van der Waals surface area contributed by atoms with Crippen LogP contribution in [0.4, 0.5) is 5.69 Å². The Hall–Kier alpha value is -1.83. The van der Waals surface area contributed by atoms with Gasteiger partial charge in [-0.3, -0.25) is 4.79 Å². The smallest absolute Gasteiger partial charge is 0.241 e. The largest absolute Gasteiger partial charge is 0.325 e. The van der Waals surface area contributed by atoms with Gasteiger partial charge < -0.3 is 5.32 Å². The Labute approximate surface area is 166 Å². The lowest BCUT2D eigenvalue weighted by Gasteiger charge is -2.20. The molecule has 2 rings (SSSR count). The molecule has 0 spiro atoms. The molecule has 0 aliphatic carbocycles. The van der Waals surface area contributed by atoms with Crippen LogP contribution in [0.15, 0.2) is 52.3 Å². The number of thioether (sulfide) groups is 1. The van der Waals surface area contributed by atoms with E-state index in [0.717, 1.165) is 16.0 Å². The lowest BCUT2D eigenvalue weighted by atomic mass is 10.1. The average molecular weight is 407 g/mol. The SMILES string of the molecule is Cc1ccc(C)c(SCC(=O)Nc2cccc(S(=O)(=O)NC(C)(C)C)c2)c1. The summed E-state index contributed by atoms with van der Waals surface area (Å²) < 4.78 is 27.5. The summed E-state index contributed by atoms with van der Waals surface area (Å²) in [5.74, 6) is 0.0702. The fourth-order valence-corrected chi connectivity index (χ4v) is 4.79. The maximum atomic E-state index is 12.4. The van der Waals surface area contributed by atoms with Crippen LogP contribution in [0.5, 0.6) is 0 Å². The Balaban J connectivity index is 2.05. The van der Waals surface area contributed by atoms with Crippen molar-refractivity contribution in [2.75, 3.05) is 11.1 Å². The van der Waals surface area contributed by atoms with Gasteiger partial charge in [-0.25, -0.2) is 13.1 Å². The number of hydrogen-bond donors (Lipinski definition) is 2. The molecule has 0 aliphatic heterocycles. The minimum atomic E-state index is -3.65. The number of hydrogen-bond acceptors (Lipinski definition) is 4. The number of sulfonamides is 1. The van der Waals surface area contributed by atoms with Gasteiger partial charge >= 0.3 is 0 Å². The van der Waals surface area contributed by atoms with Gasteiger partial charge in [-0.15, -0.1) is 11.8 Å². The first-order valence-electron chi connectivity index (χ1n) is 8.60. The van der Waals surface area contributed by atoms with Gasteiger partial charge in [0, 0.05) is 16.1 Å². The fourth-order valence-electron chi connectivity index (χ4n) is 2.41. The lowest BCUT2D eigenvalue weighted by Crippen LogP contribution is -2.40. The molecule has 0 atom stereocenters. The molecule has 27 heavy (non-hydrogen) atoms. The van der Waals surface area contributed by atoms with E-state index >= 15 is 0 Å². The maximum absolute atomic E-state index is 12.4. The zero-order valence-electron chi connectivity index (χ0n) is 16.3. The lowest BCUT2D eigenvalue weighted by molar-refractivity contribution is -0.113. The van der Waals surface area contributed by atoms with Gasteiger partial charge in [0.2, 0.25) is 15.9 Å². The summed E-state index contributed by atoms with van der Waals surface area (Å²) in [6, 6.07) is 12.4. The summed E-state index contributed by atoms with van der Waals surface area (Å²) in [5, 5.41) is 2.77. The van der Waals surface area contributed by atoms with E-state index in [1.165, 1.54) is 23.9 Å². The standard InChI is InChI=1S/C20H26N2O3S2/c1-14-9-10-15(2)18(11-14)26-13-19(23)21-16-7-6-8-17(12-16)27(24,25)22-20(3,4)5/h6-12,22H,13H2,1-5H3,(H,21,23). The van der Waals surface area contributed by atoms with Crippen molar-refractivity contribution in [2.24, 2.45) is 0 Å². The van der Waals surface area contributed by atoms with Crippen molar-refractivity contribution in [1.29, 1.82) is 0 Å². The van der Waals surface area contributed by atoms with E-state index in [0.29, 0.717) is 5.69 Å². The molecule has 0 aromatic heterocycles. The molecule has 2 aromatic rings.